The highest BCUT2D eigenvalue weighted by molar-refractivity contribution is 5.37. The molecule has 2 heterocycles. The molecule has 4 nitrogen and oxygen atoms in total. The molecule has 1 aliphatic heterocycles. The second-order valence-corrected chi connectivity index (χ2v) is 3.98. The molecule has 0 amide bonds. The van der Waals surface area contributed by atoms with E-state index in [1.54, 1.807) is 0 Å². The Balaban J connectivity index is 2.12. The van der Waals surface area contributed by atoms with E-state index in [-0.39, 0.29) is 6.10 Å². The Bertz CT molecular complexity index is 347. The van der Waals surface area contributed by atoms with Crippen molar-refractivity contribution in [1.29, 1.82) is 0 Å². The average Bonchev–Trinajstić information content (AvgIpc) is 2.22. The van der Waals surface area contributed by atoms with Crippen molar-refractivity contribution in [2.24, 2.45) is 5.92 Å². The lowest BCUT2D eigenvalue weighted by molar-refractivity contribution is 0.102. The Morgan fingerprint density at radius 3 is 3.00 bits per heavy atom. The summed E-state index contributed by atoms with van der Waals surface area (Å²) in [6.45, 7) is 3.33. The van der Waals surface area contributed by atoms with Crippen molar-refractivity contribution in [3.05, 3.63) is 18.3 Å². The van der Waals surface area contributed by atoms with Gasteiger partial charge in [-0.2, -0.15) is 4.39 Å². The second-order valence-electron chi connectivity index (χ2n) is 3.98. The van der Waals surface area contributed by atoms with Gasteiger partial charge in [0.25, 0.3) is 0 Å². The van der Waals surface area contributed by atoms with Crippen molar-refractivity contribution in [3.8, 4) is 0 Å². The molecule has 1 fully saturated rings. The zero-order chi connectivity index (χ0) is 10.8. The van der Waals surface area contributed by atoms with E-state index in [4.69, 9.17) is 0 Å². The molecule has 1 saturated heterocycles. The van der Waals surface area contributed by atoms with E-state index in [1.807, 2.05) is 11.8 Å². The third kappa shape index (κ3) is 2.23. The monoisotopic (exact) mass is 211 g/mol. The first-order valence-corrected chi connectivity index (χ1v) is 5.07. The fourth-order valence-corrected chi connectivity index (χ4v) is 1.75. The topological polar surface area (TPSA) is 49.2 Å². The predicted molar refractivity (Wildman–Crippen MR) is 54.0 cm³/mol. The molecule has 2 unspecified atom stereocenters. The van der Waals surface area contributed by atoms with Crippen LogP contribution in [0.1, 0.15) is 13.3 Å². The van der Waals surface area contributed by atoms with Crippen LogP contribution in [0.5, 0.6) is 0 Å². The molecule has 1 aromatic heterocycles. The van der Waals surface area contributed by atoms with Gasteiger partial charge in [-0.15, -0.1) is 0 Å². The largest absolute Gasteiger partial charge is 0.391 e. The number of rotatable bonds is 1. The molecule has 1 N–H and O–H groups in total. The third-order valence-electron chi connectivity index (χ3n) is 2.86. The molecule has 1 aromatic rings. The highest BCUT2D eigenvalue weighted by Crippen LogP contribution is 2.21. The van der Waals surface area contributed by atoms with E-state index in [9.17, 15) is 9.50 Å². The number of aromatic nitrogens is 2. The van der Waals surface area contributed by atoms with Gasteiger partial charge < -0.3 is 10.0 Å². The minimum atomic E-state index is -0.534. The highest BCUT2D eigenvalue weighted by Gasteiger charge is 2.25. The van der Waals surface area contributed by atoms with Crippen LogP contribution < -0.4 is 4.90 Å². The normalized spacial score (nSPS) is 26.7. The van der Waals surface area contributed by atoms with Crippen LogP contribution in [-0.4, -0.2) is 34.3 Å². The molecule has 15 heavy (non-hydrogen) atoms. The Morgan fingerprint density at radius 2 is 2.33 bits per heavy atom. The molecular formula is C10H14FN3O. The number of nitrogens with zero attached hydrogens (tertiary/aromatic N) is 3. The van der Waals surface area contributed by atoms with Gasteiger partial charge in [0.05, 0.1) is 6.10 Å². The quantitative estimate of drug-likeness (QED) is 0.699. The molecule has 0 spiro atoms. The number of hydrogen-bond acceptors (Lipinski definition) is 4. The van der Waals surface area contributed by atoms with Crippen LogP contribution in [-0.2, 0) is 0 Å². The summed E-state index contributed by atoms with van der Waals surface area (Å²) >= 11 is 0. The molecule has 0 radical (unpaired) electrons. The maximum atomic E-state index is 12.9. The van der Waals surface area contributed by atoms with Crippen LogP contribution in [0.2, 0.25) is 0 Å². The summed E-state index contributed by atoms with van der Waals surface area (Å²) in [5.41, 5.74) is 0. The van der Waals surface area contributed by atoms with E-state index in [1.165, 1.54) is 12.4 Å². The van der Waals surface area contributed by atoms with Crippen molar-refractivity contribution in [3.63, 3.8) is 0 Å². The maximum Gasteiger partial charge on any atom is 0.218 e. The van der Waals surface area contributed by atoms with Crippen molar-refractivity contribution in [2.75, 3.05) is 18.0 Å². The molecule has 82 valence electrons. The van der Waals surface area contributed by atoms with Gasteiger partial charge in [-0.05, 0) is 12.3 Å². The van der Waals surface area contributed by atoms with Gasteiger partial charge in [0.15, 0.2) is 0 Å². The zero-order valence-corrected chi connectivity index (χ0v) is 8.60. The number of halogens is 1. The Labute approximate surface area is 87.8 Å². The van der Waals surface area contributed by atoms with Gasteiger partial charge in [0, 0.05) is 19.2 Å². The van der Waals surface area contributed by atoms with Gasteiger partial charge in [-0.25, -0.2) is 9.97 Å². The van der Waals surface area contributed by atoms with Gasteiger partial charge >= 0.3 is 0 Å². The summed E-state index contributed by atoms with van der Waals surface area (Å²) in [5.74, 6) is 0.314. The van der Waals surface area contributed by atoms with Gasteiger partial charge in [-0.1, -0.05) is 6.92 Å². The minimum absolute atomic E-state index is 0.299. The van der Waals surface area contributed by atoms with Crippen molar-refractivity contribution in [2.45, 2.75) is 19.4 Å². The molecule has 0 saturated carbocycles. The first kappa shape index (κ1) is 10.3. The molecule has 0 aromatic carbocycles. The molecular weight excluding hydrogens is 197 g/mol. The number of piperidine rings is 1. The predicted octanol–water partition coefficient (Wildman–Crippen LogP) is 0.823. The lowest BCUT2D eigenvalue weighted by Gasteiger charge is -2.34. The summed E-state index contributed by atoms with van der Waals surface area (Å²) in [6.07, 6.45) is 1.73. The van der Waals surface area contributed by atoms with Gasteiger partial charge in [-0.3, -0.25) is 0 Å². The molecule has 2 rings (SSSR count). The first-order valence-electron chi connectivity index (χ1n) is 5.07. The smallest absolute Gasteiger partial charge is 0.218 e. The first-order chi connectivity index (χ1) is 7.16. The van der Waals surface area contributed by atoms with Crippen molar-refractivity contribution >= 4 is 5.82 Å². The molecule has 2 atom stereocenters. The summed E-state index contributed by atoms with van der Waals surface area (Å²) in [5, 5.41) is 9.70. The maximum absolute atomic E-state index is 12.9. The number of aliphatic hydroxyl groups excluding tert-OH is 1. The van der Waals surface area contributed by atoms with Crippen LogP contribution in [0, 0.1) is 11.9 Å². The van der Waals surface area contributed by atoms with Crippen LogP contribution in [0.3, 0.4) is 0 Å². The molecule has 0 bridgehead atoms. The number of hydrogen-bond donors (Lipinski definition) is 1. The van der Waals surface area contributed by atoms with Crippen LogP contribution in [0.15, 0.2) is 12.4 Å². The molecule has 1 aliphatic rings. The van der Waals surface area contributed by atoms with Gasteiger partial charge in [0.1, 0.15) is 12.1 Å². The Hall–Kier alpha value is -1.23. The number of β-amino-alcohol motifs (C(OH)–C–C–N with tert-alkyl or cyclic N) is 1. The van der Waals surface area contributed by atoms with Crippen LogP contribution in [0.4, 0.5) is 10.2 Å². The van der Waals surface area contributed by atoms with E-state index >= 15 is 0 Å². The fraction of sp³-hybridized carbons (Fsp3) is 0.600. The van der Waals surface area contributed by atoms with Crippen LogP contribution in [0.25, 0.3) is 0 Å². The summed E-state index contributed by atoms with van der Waals surface area (Å²) in [6, 6.07) is 1.29. The molecule has 0 aliphatic carbocycles. The lowest BCUT2D eigenvalue weighted by Crippen LogP contribution is -2.43. The van der Waals surface area contributed by atoms with Crippen molar-refractivity contribution < 1.29 is 9.50 Å². The summed E-state index contributed by atoms with van der Waals surface area (Å²) in [7, 11) is 0. The highest BCUT2D eigenvalue weighted by atomic mass is 19.1. The van der Waals surface area contributed by atoms with E-state index in [0.29, 0.717) is 18.3 Å². The minimum Gasteiger partial charge on any atom is -0.391 e. The Morgan fingerprint density at radius 1 is 1.53 bits per heavy atom. The average molecular weight is 211 g/mol. The SMILES string of the molecule is CC1CCN(c2cc(F)ncn2)CC1O. The lowest BCUT2D eigenvalue weighted by atomic mass is 9.96. The van der Waals surface area contributed by atoms with Crippen LogP contribution >= 0.6 is 0 Å². The zero-order valence-electron chi connectivity index (χ0n) is 8.60. The van der Waals surface area contributed by atoms with Gasteiger partial charge in [0.2, 0.25) is 5.95 Å². The van der Waals surface area contributed by atoms with Crippen molar-refractivity contribution in [1.82, 2.24) is 9.97 Å². The molecule has 5 heteroatoms. The summed E-state index contributed by atoms with van der Waals surface area (Å²) < 4.78 is 12.9. The van der Waals surface area contributed by atoms with E-state index in [2.05, 4.69) is 9.97 Å². The standard InChI is InChI=1S/C10H14FN3O/c1-7-2-3-14(5-8(7)15)10-4-9(11)12-6-13-10/h4,6-8,15H,2-3,5H2,1H3. The fourth-order valence-electron chi connectivity index (χ4n) is 1.75. The number of aliphatic hydroxyl groups is 1. The van der Waals surface area contributed by atoms with E-state index in [0.717, 1.165) is 13.0 Å². The third-order valence-corrected chi connectivity index (χ3v) is 2.86. The number of anilines is 1. The summed E-state index contributed by atoms with van der Waals surface area (Å²) in [4.78, 5) is 9.27. The Kier molecular flexibility index (Phi) is 2.81. The second kappa shape index (κ2) is 4.10. The van der Waals surface area contributed by atoms with E-state index < -0.39 is 5.95 Å².